The van der Waals surface area contributed by atoms with Crippen LogP contribution in [0.3, 0.4) is 0 Å². The summed E-state index contributed by atoms with van der Waals surface area (Å²) >= 11 is 0. The van der Waals surface area contributed by atoms with Gasteiger partial charge in [-0.15, -0.1) is 0 Å². The summed E-state index contributed by atoms with van der Waals surface area (Å²) in [6.45, 7) is 4.35. The van der Waals surface area contributed by atoms with Gasteiger partial charge in [-0.2, -0.15) is 0 Å². The predicted molar refractivity (Wildman–Crippen MR) is 74.8 cm³/mol. The summed E-state index contributed by atoms with van der Waals surface area (Å²) in [4.78, 5) is 14.2. The quantitative estimate of drug-likeness (QED) is 0.899. The maximum atomic E-state index is 13.5. The third kappa shape index (κ3) is 3.55. The Balaban J connectivity index is 2.03. The summed E-state index contributed by atoms with van der Waals surface area (Å²) in [5.41, 5.74) is 7.14. The van der Waals surface area contributed by atoms with Crippen LogP contribution in [0, 0.1) is 18.7 Å². The summed E-state index contributed by atoms with van der Waals surface area (Å²) in [5.74, 6) is -0.496. The second-order valence-electron chi connectivity index (χ2n) is 5.16. The van der Waals surface area contributed by atoms with Gasteiger partial charge in [0.1, 0.15) is 5.82 Å². The number of hydrogen-bond acceptors (Lipinski definition) is 3. The molecule has 0 bridgehead atoms. The van der Waals surface area contributed by atoms with Crippen molar-refractivity contribution in [1.29, 1.82) is 0 Å². The van der Waals surface area contributed by atoms with E-state index in [-0.39, 0.29) is 24.2 Å². The van der Waals surface area contributed by atoms with Gasteiger partial charge in [-0.3, -0.25) is 4.79 Å². The van der Waals surface area contributed by atoms with Gasteiger partial charge in [0.05, 0.1) is 19.1 Å². The number of benzene rings is 1. The van der Waals surface area contributed by atoms with Crippen molar-refractivity contribution in [3.63, 3.8) is 0 Å². The zero-order valence-corrected chi connectivity index (χ0v) is 11.8. The van der Waals surface area contributed by atoms with Crippen LogP contribution in [0.5, 0.6) is 0 Å². The molecule has 0 aliphatic carbocycles. The molecule has 1 amide bonds. The number of halogens is 1. The number of carbonyl (C=O) groups excluding carboxylic acids is 1. The number of nitrogens with zero attached hydrogens (tertiary/aromatic N) is 1. The maximum Gasteiger partial charge on any atom is 0.227 e. The molecule has 0 aromatic heterocycles. The average Bonchev–Trinajstić information content (AvgIpc) is 2.48. The standard InChI is InChI=1S/C15H21FN2O2/c1-11-2-3-12(9-14(11)16)8-13(10-17)15(19)18-4-6-20-7-5-18/h2-3,9,13H,4-8,10,17H2,1H3. The Hall–Kier alpha value is -1.46. The molecule has 1 atom stereocenters. The fourth-order valence-corrected chi connectivity index (χ4v) is 2.36. The van der Waals surface area contributed by atoms with E-state index in [1.165, 1.54) is 6.07 Å². The molecular weight excluding hydrogens is 259 g/mol. The number of morpholine rings is 1. The molecule has 4 nitrogen and oxygen atoms in total. The Labute approximate surface area is 118 Å². The molecule has 2 rings (SSSR count). The lowest BCUT2D eigenvalue weighted by atomic mass is 9.97. The predicted octanol–water partition coefficient (Wildman–Crippen LogP) is 1.11. The van der Waals surface area contributed by atoms with Crippen molar-refractivity contribution < 1.29 is 13.9 Å². The van der Waals surface area contributed by atoms with Gasteiger partial charge in [-0.1, -0.05) is 12.1 Å². The average molecular weight is 280 g/mol. The number of aryl methyl sites for hydroxylation is 1. The lowest BCUT2D eigenvalue weighted by Gasteiger charge is -2.30. The highest BCUT2D eigenvalue weighted by atomic mass is 19.1. The number of ether oxygens (including phenoxy) is 1. The van der Waals surface area contributed by atoms with Crippen LogP contribution in [0.4, 0.5) is 4.39 Å². The van der Waals surface area contributed by atoms with Crippen LogP contribution in [0.2, 0.25) is 0 Å². The first-order valence-electron chi connectivity index (χ1n) is 6.93. The Morgan fingerprint density at radius 2 is 2.15 bits per heavy atom. The van der Waals surface area contributed by atoms with E-state index < -0.39 is 0 Å². The summed E-state index contributed by atoms with van der Waals surface area (Å²) in [7, 11) is 0. The van der Waals surface area contributed by atoms with E-state index in [2.05, 4.69) is 0 Å². The largest absolute Gasteiger partial charge is 0.378 e. The second-order valence-corrected chi connectivity index (χ2v) is 5.16. The zero-order valence-electron chi connectivity index (χ0n) is 11.8. The van der Waals surface area contributed by atoms with Crippen LogP contribution in [0.15, 0.2) is 18.2 Å². The SMILES string of the molecule is Cc1ccc(CC(CN)C(=O)N2CCOCC2)cc1F. The van der Waals surface area contributed by atoms with E-state index >= 15 is 0 Å². The smallest absolute Gasteiger partial charge is 0.227 e. The van der Waals surface area contributed by atoms with Gasteiger partial charge in [-0.25, -0.2) is 4.39 Å². The van der Waals surface area contributed by atoms with E-state index in [9.17, 15) is 9.18 Å². The lowest BCUT2D eigenvalue weighted by molar-refractivity contribution is -0.139. The van der Waals surface area contributed by atoms with Crippen LogP contribution in [0.25, 0.3) is 0 Å². The minimum atomic E-state index is -0.296. The van der Waals surface area contributed by atoms with Gasteiger partial charge in [0.25, 0.3) is 0 Å². The summed E-state index contributed by atoms with van der Waals surface area (Å²) < 4.78 is 18.8. The van der Waals surface area contributed by atoms with E-state index in [0.29, 0.717) is 38.3 Å². The zero-order chi connectivity index (χ0) is 14.5. The minimum Gasteiger partial charge on any atom is -0.378 e. The van der Waals surface area contributed by atoms with Gasteiger partial charge in [0.15, 0.2) is 0 Å². The molecule has 1 aromatic rings. The highest BCUT2D eigenvalue weighted by Crippen LogP contribution is 2.15. The monoisotopic (exact) mass is 280 g/mol. The van der Waals surface area contributed by atoms with E-state index in [1.54, 1.807) is 17.9 Å². The first-order valence-corrected chi connectivity index (χ1v) is 6.93. The van der Waals surface area contributed by atoms with Crippen molar-refractivity contribution >= 4 is 5.91 Å². The summed E-state index contributed by atoms with van der Waals surface area (Å²) in [6.07, 6.45) is 0.476. The third-order valence-electron chi connectivity index (χ3n) is 3.67. The van der Waals surface area contributed by atoms with E-state index in [4.69, 9.17) is 10.5 Å². The molecule has 1 aromatic carbocycles. The van der Waals surface area contributed by atoms with Crippen molar-refractivity contribution in [1.82, 2.24) is 4.90 Å². The van der Waals surface area contributed by atoms with Gasteiger partial charge in [0, 0.05) is 19.6 Å². The topological polar surface area (TPSA) is 55.6 Å². The van der Waals surface area contributed by atoms with Crippen LogP contribution >= 0.6 is 0 Å². The van der Waals surface area contributed by atoms with Crippen molar-refractivity contribution in [3.05, 3.63) is 35.1 Å². The molecule has 1 aliphatic heterocycles. The number of hydrogen-bond donors (Lipinski definition) is 1. The van der Waals surface area contributed by atoms with E-state index in [0.717, 1.165) is 5.56 Å². The second kappa shape index (κ2) is 6.81. The minimum absolute atomic E-state index is 0.0387. The van der Waals surface area contributed by atoms with Crippen molar-refractivity contribution in [2.24, 2.45) is 11.7 Å². The molecular formula is C15H21FN2O2. The van der Waals surface area contributed by atoms with Gasteiger partial charge in [-0.05, 0) is 30.5 Å². The molecule has 1 saturated heterocycles. The van der Waals surface area contributed by atoms with Crippen LogP contribution in [-0.4, -0.2) is 43.7 Å². The summed E-state index contributed by atoms with van der Waals surface area (Å²) in [6, 6.07) is 5.08. The molecule has 2 N–H and O–H groups in total. The van der Waals surface area contributed by atoms with Gasteiger partial charge in [0.2, 0.25) is 5.91 Å². The van der Waals surface area contributed by atoms with Crippen LogP contribution < -0.4 is 5.73 Å². The Morgan fingerprint density at radius 1 is 1.45 bits per heavy atom. The van der Waals surface area contributed by atoms with Gasteiger partial charge >= 0.3 is 0 Å². The van der Waals surface area contributed by atoms with Crippen molar-refractivity contribution in [3.8, 4) is 0 Å². The van der Waals surface area contributed by atoms with E-state index in [1.807, 2.05) is 6.07 Å². The molecule has 1 aliphatic rings. The van der Waals surface area contributed by atoms with Crippen LogP contribution in [0.1, 0.15) is 11.1 Å². The number of rotatable bonds is 4. The van der Waals surface area contributed by atoms with Crippen molar-refractivity contribution in [2.75, 3.05) is 32.8 Å². The molecule has 5 heteroatoms. The fraction of sp³-hybridized carbons (Fsp3) is 0.533. The first kappa shape index (κ1) is 14.9. The molecule has 1 fully saturated rings. The molecule has 0 spiro atoms. The molecule has 1 unspecified atom stereocenters. The highest BCUT2D eigenvalue weighted by Gasteiger charge is 2.25. The number of carbonyl (C=O) groups is 1. The molecule has 0 radical (unpaired) electrons. The van der Waals surface area contributed by atoms with Gasteiger partial charge < -0.3 is 15.4 Å². The Kier molecular flexibility index (Phi) is 5.09. The fourth-order valence-electron chi connectivity index (χ4n) is 2.36. The Bertz CT molecular complexity index is 473. The molecule has 110 valence electrons. The first-order chi connectivity index (χ1) is 9.61. The van der Waals surface area contributed by atoms with Crippen LogP contribution in [-0.2, 0) is 16.0 Å². The lowest BCUT2D eigenvalue weighted by Crippen LogP contribution is -2.45. The molecule has 1 heterocycles. The van der Waals surface area contributed by atoms with Crippen molar-refractivity contribution in [2.45, 2.75) is 13.3 Å². The maximum absolute atomic E-state index is 13.5. The molecule has 0 saturated carbocycles. The number of amides is 1. The normalized spacial score (nSPS) is 17.1. The molecule has 20 heavy (non-hydrogen) atoms. The highest BCUT2D eigenvalue weighted by molar-refractivity contribution is 5.79. The summed E-state index contributed by atoms with van der Waals surface area (Å²) in [5, 5.41) is 0. The number of nitrogens with two attached hydrogens (primary N) is 1. The third-order valence-corrected chi connectivity index (χ3v) is 3.67. The Morgan fingerprint density at radius 3 is 2.75 bits per heavy atom.